The highest BCUT2D eigenvalue weighted by Crippen LogP contribution is 2.43. The maximum Gasteiger partial charge on any atom is 0.260 e. The van der Waals surface area contributed by atoms with Gasteiger partial charge in [-0.05, 0) is 30.5 Å². The second-order valence-corrected chi connectivity index (χ2v) is 8.76. The molecule has 0 radical (unpaired) electrons. The van der Waals surface area contributed by atoms with Crippen LogP contribution in [0.15, 0.2) is 48.0 Å². The number of thiophene rings is 1. The van der Waals surface area contributed by atoms with Crippen LogP contribution in [0.2, 0.25) is 0 Å². The van der Waals surface area contributed by atoms with E-state index in [1.807, 2.05) is 48.7 Å². The summed E-state index contributed by atoms with van der Waals surface area (Å²) in [4.78, 5) is 44.1. The first-order valence-electron chi connectivity index (χ1n) is 8.92. The largest absolute Gasteiger partial charge is 0.365 e. The van der Waals surface area contributed by atoms with E-state index < -0.39 is 17.9 Å². The normalized spacial score (nSPS) is 18.8. The number of anilines is 2. The van der Waals surface area contributed by atoms with E-state index in [4.69, 9.17) is 5.73 Å². The molecule has 1 saturated heterocycles. The average molecular weight is 427 g/mol. The number of thiazole rings is 1. The number of aromatic nitrogens is 1. The summed E-state index contributed by atoms with van der Waals surface area (Å²) in [6, 6.07) is 11.1. The number of aryl methyl sites for hydroxylation is 1. The van der Waals surface area contributed by atoms with Crippen LogP contribution in [0.25, 0.3) is 0 Å². The van der Waals surface area contributed by atoms with Gasteiger partial charge in [0.25, 0.3) is 5.91 Å². The number of nitrogens with two attached hydrogens (primary N) is 1. The number of benzene rings is 1. The molecule has 1 aliphatic heterocycles. The van der Waals surface area contributed by atoms with Gasteiger partial charge in [0.2, 0.25) is 11.8 Å². The van der Waals surface area contributed by atoms with Crippen molar-refractivity contribution >= 4 is 51.2 Å². The second kappa shape index (κ2) is 7.76. The van der Waals surface area contributed by atoms with E-state index in [2.05, 4.69) is 10.3 Å². The highest BCUT2D eigenvalue weighted by molar-refractivity contribution is 7.17. The molecule has 3 N–H and O–H groups in total. The highest BCUT2D eigenvalue weighted by atomic mass is 32.1. The maximum atomic E-state index is 13.0. The minimum atomic E-state index is -0.596. The van der Waals surface area contributed by atoms with Gasteiger partial charge in [-0.25, -0.2) is 4.98 Å². The zero-order valence-corrected chi connectivity index (χ0v) is 17.1. The molecule has 4 rings (SSSR count). The zero-order chi connectivity index (χ0) is 20.5. The van der Waals surface area contributed by atoms with Crippen molar-refractivity contribution in [1.82, 2.24) is 4.98 Å². The third-order valence-electron chi connectivity index (χ3n) is 4.78. The van der Waals surface area contributed by atoms with Crippen molar-refractivity contribution in [3.63, 3.8) is 0 Å². The third kappa shape index (κ3) is 3.79. The van der Waals surface area contributed by atoms with Gasteiger partial charge in [-0.2, -0.15) is 0 Å². The summed E-state index contributed by atoms with van der Waals surface area (Å²) in [5, 5.41) is 4.96. The van der Waals surface area contributed by atoms with Gasteiger partial charge in [0.05, 0.1) is 18.2 Å². The fourth-order valence-electron chi connectivity index (χ4n) is 3.41. The van der Waals surface area contributed by atoms with Gasteiger partial charge >= 0.3 is 0 Å². The summed E-state index contributed by atoms with van der Waals surface area (Å²) >= 11 is 2.52. The Labute approximate surface area is 175 Å². The number of amides is 3. The van der Waals surface area contributed by atoms with Crippen LogP contribution in [-0.4, -0.2) is 22.7 Å². The van der Waals surface area contributed by atoms with Crippen LogP contribution < -0.4 is 16.0 Å². The third-order valence-corrected chi connectivity index (χ3v) is 6.66. The predicted octanol–water partition coefficient (Wildman–Crippen LogP) is 3.34. The van der Waals surface area contributed by atoms with Gasteiger partial charge in [0, 0.05) is 17.0 Å². The van der Waals surface area contributed by atoms with Gasteiger partial charge in [0.15, 0.2) is 5.13 Å². The van der Waals surface area contributed by atoms with Crippen molar-refractivity contribution in [2.75, 3.05) is 10.2 Å². The first-order chi connectivity index (χ1) is 13.9. The summed E-state index contributed by atoms with van der Waals surface area (Å²) in [6.07, 6.45) is 1.42. The van der Waals surface area contributed by atoms with Crippen LogP contribution in [-0.2, 0) is 9.59 Å². The van der Waals surface area contributed by atoms with Crippen LogP contribution in [0.5, 0.6) is 0 Å². The Morgan fingerprint density at radius 3 is 2.62 bits per heavy atom. The molecule has 148 valence electrons. The molecule has 2 unspecified atom stereocenters. The molecule has 3 amide bonds. The Morgan fingerprint density at radius 2 is 2.00 bits per heavy atom. The number of hydrogen-bond donors (Lipinski definition) is 2. The number of hydrogen-bond acceptors (Lipinski definition) is 6. The lowest BCUT2D eigenvalue weighted by molar-refractivity contribution is -0.122. The van der Waals surface area contributed by atoms with Gasteiger partial charge in [-0.1, -0.05) is 35.1 Å². The lowest BCUT2D eigenvalue weighted by atomic mass is 9.97. The standard InChI is InChI=1S/C20H18N4O3S2/c1-11-4-6-12(7-5-11)24-16(25)9-13(17(24)14-3-2-8-28-14)19(27)23-20-22-10-15(29-20)18(21)26/h2-8,10,13,17H,9H2,1H3,(H2,21,26)(H,22,23,27). The molecule has 3 aromatic rings. The van der Waals surface area contributed by atoms with Gasteiger partial charge in [0.1, 0.15) is 4.88 Å². The van der Waals surface area contributed by atoms with E-state index in [0.717, 1.165) is 27.5 Å². The summed E-state index contributed by atoms with van der Waals surface area (Å²) < 4.78 is 0. The maximum absolute atomic E-state index is 13.0. The van der Waals surface area contributed by atoms with Crippen molar-refractivity contribution < 1.29 is 14.4 Å². The predicted molar refractivity (Wildman–Crippen MR) is 113 cm³/mol. The molecule has 29 heavy (non-hydrogen) atoms. The van der Waals surface area contributed by atoms with Gasteiger partial charge in [-0.15, -0.1) is 11.3 Å². The summed E-state index contributed by atoms with van der Waals surface area (Å²) in [6.45, 7) is 1.98. The monoisotopic (exact) mass is 426 g/mol. The number of carbonyl (C=O) groups excluding carboxylic acids is 3. The minimum Gasteiger partial charge on any atom is -0.365 e. The van der Waals surface area contributed by atoms with E-state index in [0.29, 0.717) is 0 Å². The number of carbonyl (C=O) groups is 3. The molecule has 0 aliphatic carbocycles. The SMILES string of the molecule is Cc1ccc(N2C(=O)CC(C(=O)Nc3ncc(C(N)=O)s3)C2c2cccs2)cc1. The molecule has 1 fully saturated rings. The average Bonchev–Trinajstić information content (AvgIpc) is 3.42. The Kier molecular flexibility index (Phi) is 5.16. The molecule has 9 heteroatoms. The Balaban J connectivity index is 1.64. The first kappa shape index (κ1) is 19.3. The second-order valence-electron chi connectivity index (χ2n) is 6.75. The van der Waals surface area contributed by atoms with Crippen molar-refractivity contribution in [3.05, 3.63) is 63.3 Å². The van der Waals surface area contributed by atoms with E-state index >= 15 is 0 Å². The fourth-order valence-corrected chi connectivity index (χ4v) is 4.96. The lowest BCUT2D eigenvalue weighted by Gasteiger charge is -2.27. The number of nitrogens with one attached hydrogen (secondary N) is 1. The van der Waals surface area contributed by atoms with E-state index in [1.165, 1.54) is 17.5 Å². The van der Waals surface area contributed by atoms with Gasteiger partial charge < -0.3 is 16.0 Å². The van der Waals surface area contributed by atoms with Crippen molar-refractivity contribution in [1.29, 1.82) is 0 Å². The van der Waals surface area contributed by atoms with E-state index in [1.54, 1.807) is 4.90 Å². The van der Waals surface area contributed by atoms with E-state index in [-0.39, 0.29) is 28.2 Å². The molecular weight excluding hydrogens is 408 g/mol. The summed E-state index contributed by atoms with van der Waals surface area (Å²) in [5.41, 5.74) is 7.10. The van der Waals surface area contributed by atoms with Crippen LogP contribution in [0.4, 0.5) is 10.8 Å². The smallest absolute Gasteiger partial charge is 0.260 e. The molecular formula is C20H18N4O3S2. The minimum absolute atomic E-state index is 0.0936. The van der Waals surface area contributed by atoms with Crippen molar-refractivity contribution in [3.8, 4) is 0 Å². The number of rotatable bonds is 5. The lowest BCUT2D eigenvalue weighted by Crippen LogP contribution is -2.31. The topological polar surface area (TPSA) is 105 Å². The highest BCUT2D eigenvalue weighted by Gasteiger charge is 2.46. The fraction of sp³-hybridized carbons (Fsp3) is 0.200. The van der Waals surface area contributed by atoms with Crippen LogP contribution in [0, 0.1) is 12.8 Å². The molecule has 1 aromatic carbocycles. The molecule has 1 aliphatic rings. The summed E-state index contributed by atoms with van der Waals surface area (Å²) in [5.74, 6) is -1.59. The Morgan fingerprint density at radius 1 is 1.24 bits per heavy atom. The van der Waals surface area contributed by atoms with Crippen LogP contribution in [0.3, 0.4) is 0 Å². The van der Waals surface area contributed by atoms with E-state index in [9.17, 15) is 14.4 Å². The number of primary amides is 1. The van der Waals surface area contributed by atoms with Gasteiger partial charge in [-0.3, -0.25) is 14.4 Å². The molecule has 7 nitrogen and oxygen atoms in total. The molecule has 2 atom stereocenters. The molecule has 0 bridgehead atoms. The van der Waals surface area contributed by atoms with Crippen LogP contribution in [0.1, 0.15) is 32.6 Å². The molecule has 0 spiro atoms. The quantitative estimate of drug-likeness (QED) is 0.653. The van der Waals surface area contributed by atoms with Crippen molar-refractivity contribution in [2.45, 2.75) is 19.4 Å². The zero-order valence-electron chi connectivity index (χ0n) is 15.5. The summed E-state index contributed by atoms with van der Waals surface area (Å²) in [7, 11) is 0. The molecule has 2 aromatic heterocycles. The number of nitrogens with zero attached hydrogens (tertiary/aromatic N) is 2. The Bertz CT molecular complexity index is 1060. The van der Waals surface area contributed by atoms with Crippen molar-refractivity contribution in [2.24, 2.45) is 11.7 Å². The first-order valence-corrected chi connectivity index (χ1v) is 10.6. The van der Waals surface area contributed by atoms with Crippen LogP contribution >= 0.6 is 22.7 Å². The molecule has 0 saturated carbocycles. The Hall–Kier alpha value is -3.04. The molecule has 3 heterocycles.